The molecule has 3 rings (SSSR count). The van der Waals surface area contributed by atoms with Gasteiger partial charge in [-0.05, 0) is 36.4 Å². The van der Waals surface area contributed by atoms with Gasteiger partial charge in [-0.2, -0.15) is 11.8 Å². The van der Waals surface area contributed by atoms with E-state index in [1.54, 1.807) is 0 Å². The number of carboxylic acid groups (broad SMARTS) is 1. The van der Waals surface area contributed by atoms with E-state index < -0.39 is 5.97 Å². The Bertz CT molecular complexity index is 602. The number of carbonyl (C=O) groups is 1. The number of nitrogens with zero attached hydrogens (tertiary/aromatic N) is 1. The van der Waals surface area contributed by atoms with Crippen molar-refractivity contribution in [3.8, 4) is 17.1 Å². The van der Waals surface area contributed by atoms with Crippen LogP contribution in [0.25, 0.3) is 11.3 Å². The van der Waals surface area contributed by atoms with Gasteiger partial charge in [0, 0.05) is 17.4 Å². The van der Waals surface area contributed by atoms with Gasteiger partial charge < -0.3 is 14.4 Å². The van der Waals surface area contributed by atoms with E-state index in [9.17, 15) is 4.79 Å². The third kappa shape index (κ3) is 2.80. The van der Waals surface area contributed by atoms with Crippen molar-refractivity contribution in [3.63, 3.8) is 0 Å². The Morgan fingerprint density at radius 3 is 2.80 bits per heavy atom. The summed E-state index contributed by atoms with van der Waals surface area (Å²) in [5.41, 5.74) is 0.682. The van der Waals surface area contributed by atoms with E-state index in [1.165, 1.54) is 6.07 Å². The zero-order valence-corrected chi connectivity index (χ0v) is 11.4. The lowest BCUT2D eigenvalue weighted by Gasteiger charge is -2.12. The molecule has 1 aliphatic heterocycles. The van der Waals surface area contributed by atoms with Gasteiger partial charge in [-0.25, -0.2) is 4.79 Å². The van der Waals surface area contributed by atoms with E-state index in [1.807, 2.05) is 36.0 Å². The van der Waals surface area contributed by atoms with Gasteiger partial charge in [0.15, 0.2) is 11.5 Å². The average Bonchev–Trinajstić information content (AvgIpc) is 3.10. The van der Waals surface area contributed by atoms with Crippen LogP contribution in [0.4, 0.5) is 0 Å². The third-order valence-electron chi connectivity index (χ3n) is 3.06. The second-order valence-electron chi connectivity index (χ2n) is 4.51. The predicted octanol–water partition coefficient (Wildman–Crippen LogP) is 2.92. The molecule has 1 fully saturated rings. The van der Waals surface area contributed by atoms with Crippen LogP contribution >= 0.6 is 11.8 Å². The van der Waals surface area contributed by atoms with E-state index in [4.69, 9.17) is 14.4 Å². The van der Waals surface area contributed by atoms with Crippen molar-refractivity contribution in [2.24, 2.45) is 0 Å². The standard InChI is InChI=1S/C14H13NO4S/c16-14(17)12-7-13(19-15-12)9-1-3-10(4-2-9)18-11-5-6-20-8-11/h1-4,7,11H,5-6,8H2,(H,16,17). The summed E-state index contributed by atoms with van der Waals surface area (Å²) in [5, 5.41) is 12.3. The number of aromatic carboxylic acids is 1. The van der Waals surface area contributed by atoms with Crippen LogP contribution in [0.2, 0.25) is 0 Å². The monoisotopic (exact) mass is 291 g/mol. The van der Waals surface area contributed by atoms with Crippen LogP contribution in [-0.2, 0) is 0 Å². The Kier molecular flexibility index (Phi) is 3.64. The molecule has 1 aliphatic rings. The van der Waals surface area contributed by atoms with Crippen LogP contribution < -0.4 is 4.74 Å². The zero-order valence-electron chi connectivity index (χ0n) is 10.6. The molecule has 0 saturated carbocycles. The molecule has 6 heteroatoms. The van der Waals surface area contributed by atoms with Crippen molar-refractivity contribution in [1.29, 1.82) is 0 Å². The minimum atomic E-state index is -1.10. The van der Waals surface area contributed by atoms with Gasteiger partial charge in [0.1, 0.15) is 11.9 Å². The average molecular weight is 291 g/mol. The van der Waals surface area contributed by atoms with Crippen molar-refractivity contribution >= 4 is 17.7 Å². The molecule has 1 aromatic carbocycles. The summed E-state index contributed by atoms with van der Waals surface area (Å²) in [4.78, 5) is 10.7. The molecule has 0 spiro atoms. The van der Waals surface area contributed by atoms with Gasteiger partial charge in [0.05, 0.1) is 0 Å². The van der Waals surface area contributed by atoms with E-state index in [0.29, 0.717) is 5.76 Å². The lowest BCUT2D eigenvalue weighted by atomic mass is 10.1. The molecular weight excluding hydrogens is 278 g/mol. The molecule has 1 aromatic heterocycles. The fraction of sp³-hybridized carbons (Fsp3) is 0.286. The normalized spacial score (nSPS) is 18.1. The van der Waals surface area contributed by atoms with Gasteiger partial charge in [-0.15, -0.1) is 0 Å². The van der Waals surface area contributed by atoms with Crippen LogP contribution in [0.1, 0.15) is 16.9 Å². The smallest absolute Gasteiger partial charge is 0.358 e. The molecule has 0 amide bonds. The molecule has 1 atom stereocenters. The van der Waals surface area contributed by atoms with Crippen LogP contribution in [0.5, 0.6) is 5.75 Å². The first-order valence-corrected chi connectivity index (χ1v) is 7.43. The maximum absolute atomic E-state index is 10.7. The van der Waals surface area contributed by atoms with Gasteiger partial charge in [-0.3, -0.25) is 0 Å². The highest BCUT2D eigenvalue weighted by Gasteiger charge is 2.17. The van der Waals surface area contributed by atoms with Crippen molar-refractivity contribution in [3.05, 3.63) is 36.0 Å². The number of hydrogen-bond acceptors (Lipinski definition) is 5. The lowest BCUT2D eigenvalue weighted by Crippen LogP contribution is -2.14. The van der Waals surface area contributed by atoms with Gasteiger partial charge in [-0.1, -0.05) is 5.16 Å². The number of thioether (sulfide) groups is 1. The Hall–Kier alpha value is -1.95. The van der Waals surface area contributed by atoms with E-state index in [0.717, 1.165) is 29.2 Å². The minimum Gasteiger partial charge on any atom is -0.490 e. The largest absolute Gasteiger partial charge is 0.490 e. The Labute approximate surface area is 119 Å². The fourth-order valence-electron chi connectivity index (χ4n) is 2.01. The number of aromatic nitrogens is 1. The zero-order chi connectivity index (χ0) is 13.9. The summed E-state index contributed by atoms with van der Waals surface area (Å²) in [5.74, 6) is 2.34. The van der Waals surface area contributed by atoms with Crippen LogP contribution in [0.3, 0.4) is 0 Å². The molecule has 20 heavy (non-hydrogen) atoms. The highest BCUT2D eigenvalue weighted by Crippen LogP contribution is 2.26. The van der Waals surface area contributed by atoms with Crippen molar-refractivity contribution in [1.82, 2.24) is 5.16 Å². The molecule has 1 unspecified atom stereocenters. The molecule has 1 saturated heterocycles. The molecule has 5 nitrogen and oxygen atoms in total. The molecule has 2 aromatic rings. The summed E-state index contributed by atoms with van der Waals surface area (Å²) in [7, 11) is 0. The summed E-state index contributed by atoms with van der Waals surface area (Å²) in [6.45, 7) is 0. The molecular formula is C14H13NO4S. The summed E-state index contributed by atoms with van der Waals surface area (Å²) in [6, 6.07) is 8.81. The van der Waals surface area contributed by atoms with Crippen molar-refractivity contribution in [2.75, 3.05) is 11.5 Å². The third-order valence-corrected chi connectivity index (χ3v) is 4.19. The first kappa shape index (κ1) is 13.1. The summed E-state index contributed by atoms with van der Waals surface area (Å²) >= 11 is 1.90. The molecule has 0 radical (unpaired) electrons. The number of carboxylic acids is 1. The van der Waals surface area contributed by atoms with Gasteiger partial charge in [0.2, 0.25) is 0 Å². The maximum atomic E-state index is 10.7. The lowest BCUT2D eigenvalue weighted by molar-refractivity contribution is 0.0686. The Morgan fingerprint density at radius 2 is 2.20 bits per heavy atom. The molecule has 2 heterocycles. The SMILES string of the molecule is O=C(O)c1cc(-c2ccc(OC3CCSC3)cc2)on1. The number of benzene rings is 1. The minimum absolute atomic E-state index is 0.0942. The van der Waals surface area contributed by atoms with Crippen molar-refractivity contribution < 1.29 is 19.2 Å². The summed E-state index contributed by atoms with van der Waals surface area (Å²) in [6.07, 6.45) is 1.37. The maximum Gasteiger partial charge on any atom is 0.358 e. The quantitative estimate of drug-likeness (QED) is 0.933. The first-order chi connectivity index (χ1) is 9.72. The molecule has 104 valence electrons. The highest BCUT2D eigenvalue weighted by molar-refractivity contribution is 7.99. The first-order valence-electron chi connectivity index (χ1n) is 6.27. The summed E-state index contributed by atoms with van der Waals surface area (Å²) < 4.78 is 10.9. The highest BCUT2D eigenvalue weighted by atomic mass is 32.2. The van der Waals surface area contributed by atoms with Crippen molar-refractivity contribution in [2.45, 2.75) is 12.5 Å². The topological polar surface area (TPSA) is 72.6 Å². The van der Waals surface area contributed by atoms with Crippen LogP contribution in [0.15, 0.2) is 34.9 Å². The van der Waals surface area contributed by atoms with E-state index in [-0.39, 0.29) is 11.8 Å². The second kappa shape index (κ2) is 5.58. The number of rotatable bonds is 4. The van der Waals surface area contributed by atoms with Crippen LogP contribution in [-0.4, -0.2) is 33.8 Å². The molecule has 1 N–H and O–H groups in total. The van der Waals surface area contributed by atoms with Gasteiger partial charge >= 0.3 is 5.97 Å². The van der Waals surface area contributed by atoms with Crippen LogP contribution in [0, 0.1) is 0 Å². The Morgan fingerprint density at radius 1 is 1.40 bits per heavy atom. The number of hydrogen-bond donors (Lipinski definition) is 1. The van der Waals surface area contributed by atoms with E-state index >= 15 is 0 Å². The van der Waals surface area contributed by atoms with Gasteiger partial charge in [0.25, 0.3) is 0 Å². The van der Waals surface area contributed by atoms with E-state index in [2.05, 4.69) is 5.16 Å². The molecule has 0 aliphatic carbocycles. The second-order valence-corrected chi connectivity index (χ2v) is 5.66. The number of ether oxygens (including phenoxy) is 1. The molecule has 0 bridgehead atoms. The fourth-order valence-corrected chi connectivity index (χ4v) is 3.10. The Balaban J connectivity index is 1.72. The predicted molar refractivity (Wildman–Crippen MR) is 75.3 cm³/mol.